The van der Waals surface area contributed by atoms with Crippen molar-refractivity contribution in [2.24, 2.45) is 0 Å². The molecule has 0 spiro atoms. The van der Waals surface area contributed by atoms with Gasteiger partial charge in [0.25, 0.3) is 0 Å². The molecule has 0 aromatic rings. The third kappa shape index (κ3) is 41.2. The van der Waals surface area contributed by atoms with Crippen LogP contribution < -0.4 is 5.32 Å². The van der Waals surface area contributed by atoms with Gasteiger partial charge in [0, 0.05) is 6.42 Å². The van der Waals surface area contributed by atoms with E-state index in [0.717, 1.165) is 70.6 Å². The first-order valence-corrected chi connectivity index (χ1v) is 32.6. The quantitative estimate of drug-likeness (QED) is 0.0195. The Kier molecular flexibility index (Phi) is 51.0. The van der Waals surface area contributed by atoms with Crippen molar-refractivity contribution in [3.05, 3.63) is 24.3 Å². The molecule has 0 aromatic heterocycles. The number of amides is 1. The fourth-order valence-electron chi connectivity index (χ4n) is 10.4. The fraction of sp³-hybridized carbons (Fsp3) is 0.908. The second-order valence-corrected chi connectivity index (χ2v) is 22.9. The summed E-state index contributed by atoms with van der Waals surface area (Å²) >= 11 is 0. The molecule has 0 bridgehead atoms. The number of ether oxygens (including phenoxy) is 3. The molecule has 11 heteroatoms. The van der Waals surface area contributed by atoms with Crippen molar-refractivity contribution in [1.82, 2.24) is 5.32 Å². The zero-order chi connectivity index (χ0) is 55.4. The molecule has 8 unspecified atom stereocenters. The average molecular weight is 1080 g/mol. The van der Waals surface area contributed by atoms with Gasteiger partial charge in [-0.3, -0.25) is 9.59 Å². The molecule has 1 amide bonds. The van der Waals surface area contributed by atoms with Gasteiger partial charge in [0.15, 0.2) is 12.4 Å². The summed E-state index contributed by atoms with van der Waals surface area (Å²) in [5.74, 6) is -1.18. The number of carbonyl (C=O) groups is 2. The van der Waals surface area contributed by atoms with Crippen LogP contribution in [0.1, 0.15) is 316 Å². The van der Waals surface area contributed by atoms with E-state index in [9.17, 15) is 35.1 Å². The maximum absolute atomic E-state index is 13.4. The second kappa shape index (κ2) is 53.8. The Hall–Kier alpha value is -1.86. The van der Waals surface area contributed by atoms with Crippen LogP contribution in [0.4, 0.5) is 0 Å². The molecule has 8 atom stereocenters. The van der Waals surface area contributed by atoms with Gasteiger partial charge >= 0.3 is 5.97 Å². The van der Waals surface area contributed by atoms with Gasteiger partial charge in [-0.25, -0.2) is 0 Å². The molecule has 1 aliphatic rings. The standard InChI is InChI=1S/C65H123NO10/c1-4-7-10-13-16-19-22-25-27-28-29-30-31-32-33-35-38-41-44-47-50-53-60(70)76-63-62(72)61(71)59(54-67)75-65(63)74-55-56(57(68)51-48-45-42-39-36-24-21-18-15-12-9-6-3)66-64(73)58(69)52-49-46-43-40-37-34-26-23-20-17-14-11-8-5-2/h20,23,48,51,56-59,61-63,65,67-69,71-72H,4-19,21-22,24-47,49-50,52-55H2,1-3H3,(H,66,73)/b23-20-,51-48+. The van der Waals surface area contributed by atoms with Crippen LogP contribution in [0.15, 0.2) is 24.3 Å². The topological polar surface area (TPSA) is 175 Å². The lowest BCUT2D eigenvalue weighted by molar-refractivity contribution is -0.305. The maximum Gasteiger partial charge on any atom is 0.306 e. The van der Waals surface area contributed by atoms with Gasteiger partial charge in [-0.1, -0.05) is 283 Å². The number of hydrogen-bond acceptors (Lipinski definition) is 10. The molecule has 0 aromatic carbocycles. The van der Waals surface area contributed by atoms with Crippen molar-refractivity contribution in [3.63, 3.8) is 0 Å². The highest BCUT2D eigenvalue weighted by Crippen LogP contribution is 2.26. The Labute approximate surface area is 467 Å². The van der Waals surface area contributed by atoms with Crippen LogP contribution in [0.2, 0.25) is 0 Å². The SMILES string of the molecule is CCCCCC/C=C\CCCCCCCCC(O)C(=O)NC(COC1OC(CO)C(O)C(O)C1OC(=O)CCCCCCCCCCCCCCCCCCCCCCC)C(O)/C=C/CCCCCCCCCCCC. The van der Waals surface area contributed by atoms with Crippen molar-refractivity contribution in [1.29, 1.82) is 0 Å². The number of allylic oxidation sites excluding steroid dienone is 3. The summed E-state index contributed by atoms with van der Waals surface area (Å²) in [5.41, 5.74) is 0. The normalized spacial score (nSPS) is 19.2. The number of esters is 1. The highest BCUT2D eigenvalue weighted by atomic mass is 16.7. The van der Waals surface area contributed by atoms with Crippen molar-refractivity contribution in [3.8, 4) is 0 Å². The molecule has 1 aliphatic heterocycles. The summed E-state index contributed by atoms with van der Waals surface area (Å²) in [7, 11) is 0. The van der Waals surface area contributed by atoms with Crippen LogP contribution in [0.25, 0.3) is 0 Å². The largest absolute Gasteiger partial charge is 0.454 e. The summed E-state index contributed by atoms with van der Waals surface area (Å²) in [5, 5.41) is 57.0. The van der Waals surface area contributed by atoms with Crippen LogP contribution in [-0.4, -0.2) is 99.6 Å². The van der Waals surface area contributed by atoms with E-state index in [2.05, 4.69) is 38.2 Å². The zero-order valence-electron chi connectivity index (χ0n) is 49.6. The number of carbonyl (C=O) groups excluding carboxylic acids is 2. The molecule has 0 aliphatic carbocycles. The maximum atomic E-state index is 13.4. The molecule has 448 valence electrons. The van der Waals surface area contributed by atoms with Crippen molar-refractivity contribution in [2.45, 2.75) is 365 Å². The van der Waals surface area contributed by atoms with Crippen LogP contribution >= 0.6 is 0 Å². The Morgan fingerprint density at radius 1 is 0.500 bits per heavy atom. The lowest BCUT2D eigenvalue weighted by atomic mass is 9.99. The van der Waals surface area contributed by atoms with Crippen LogP contribution in [0.3, 0.4) is 0 Å². The van der Waals surface area contributed by atoms with Crippen LogP contribution in [-0.2, 0) is 23.8 Å². The summed E-state index contributed by atoms with van der Waals surface area (Å²) in [6.45, 7) is 5.81. The van der Waals surface area contributed by atoms with E-state index >= 15 is 0 Å². The predicted molar refractivity (Wildman–Crippen MR) is 315 cm³/mol. The van der Waals surface area contributed by atoms with Gasteiger partial charge in [0.2, 0.25) is 5.91 Å². The minimum atomic E-state index is -1.61. The first-order chi connectivity index (χ1) is 37.2. The minimum absolute atomic E-state index is 0.130. The number of unbranched alkanes of at least 4 members (excludes halogenated alkanes) is 40. The number of nitrogens with one attached hydrogen (secondary N) is 1. The van der Waals surface area contributed by atoms with Gasteiger partial charge in [0.05, 0.1) is 25.4 Å². The van der Waals surface area contributed by atoms with Crippen LogP contribution in [0.5, 0.6) is 0 Å². The Morgan fingerprint density at radius 2 is 0.868 bits per heavy atom. The predicted octanol–water partition coefficient (Wildman–Crippen LogP) is 15.7. The minimum Gasteiger partial charge on any atom is -0.454 e. The van der Waals surface area contributed by atoms with E-state index in [-0.39, 0.29) is 19.4 Å². The van der Waals surface area contributed by atoms with Crippen molar-refractivity contribution >= 4 is 11.9 Å². The second-order valence-electron chi connectivity index (χ2n) is 22.9. The lowest BCUT2D eigenvalue weighted by Gasteiger charge is -2.41. The first kappa shape index (κ1) is 72.2. The summed E-state index contributed by atoms with van der Waals surface area (Å²) in [4.78, 5) is 26.6. The number of hydrogen-bond donors (Lipinski definition) is 6. The van der Waals surface area contributed by atoms with Gasteiger partial charge in [-0.2, -0.15) is 0 Å². The molecule has 0 radical (unpaired) electrons. The molecule has 11 nitrogen and oxygen atoms in total. The number of aliphatic hydroxyl groups is 5. The van der Waals surface area contributed by atoms with E-state index in [1.165, 1.54) is 199 Å². The smallest absolute Gasteiger partial charge is 0.306 e. The molecule has 76 heavy (non-hydrogen) atoms. The van der Waals surface area contributed by atoms with Crippen LogP contribution in [0, 0.1) is 0 Å². The van der Waals surface area contributed by atoms with Gasteiger partial charge in [-0.15, -0.1) is 0 Å². The van der Waals surface area contributed by atoms with E-state index in [1.807, 2.05) is 6.08 Å². The first-order valence-electron chi connectivity index (χ1n) is 32.6. The van der Waals surface area contributed by atoms with E-state index < -0.39 is 67.4 Å². The zero-order valence-corrected chi connectivity index (χ0v) is 49.6. The lowest BCUT2D eigenvalue weighted by Crippen LogP contribution is -2.61. The number of aliphatic hydroxyl groups excluding tert-OH is 5. The highest BCUT2D eigenvalue weighted by Gasteiger charge is 2.47. The van der Waals surface area contributed by atoms with Crippen molar-refractivity contribution < 1.29 is 49.3 Å². The van der Waals surface area contributed by atoms with Gasteiger partial charge in [0.1, 0.15) is 24.4 Å². The highest BCUT2D eigenvalue weighted by molar-refractivity contribution is 5.80. The molecule has 1 rings (SSSR count). The molecular weight excluding hydrogens is 955 g/mol. The summed E-state index contributed by atoms with van der Waals surface area (Å²) < 4.78 is 17.6. The van der Waals surface area contributed by atoms with Crippen molar-refractivity contribution in [2.75, 3.05) is 13.2 Å². The monoisotopic (exact) mass is 1080 g/mol. The Balaban J connectivity index is 2.62. The Morgan fingerprint density at radius 3 is 1.29 bits per heavy atom. The van der Waals surface area contributed by atoms with E-state index in [1.54, 1.807) is 6.08 Å². The number of rotatable bonds is 56. The Bertz CT molecular complexity index is 1330. The summed E-state index contributed by atoms with van der Waals surface area (Å²) in [6.07, 6.45) is 52.2. The third-order valence-corrected chi connectivity index (χ3v) is 15.6. The van der Waals surface area contributed by atoms with Gasteiger partial charge < -0.3 is 45.1 Å². The molecule has 1 saturated heterocycles. The molecule has 1 heterocycles. The third-order valence-electron chi connectivity index (χ3n) is 15.6. The molecular formula is C65H123NO10. The van der Waals surface area contributed by atoms with E-state index in [0.29, 0.717) is 12.8 Å². The molecule has 0 saturated carbocycles. The molecule has 6 N–H and O–H groups in total. The summed E-state index contributed by atoms with van der Waals surface area (Å²) in [6, 6.07) is -1.02. The van der Waals surface area contributed by atoms with Gasteiger partial charge in [-0.05, 0) is 51.4 Å². The molecule has 1 fully saturated rings. The van der Waals surface area contributed by atoms with E-state index in [4.69, 9.17) is 14.2 Å². The fourth-order valence-corrected chi connectivity index (χ4v) is 10.4. The average Bonchev–Trinajstić information content (AvgIpc) is 3.42.